The van der Waals surface area contributed by atoms with Gasteiger partial charge in [0.25, 0.3) is 0 Å². The van der Waals surface area contributed by atoms with Crippen LogP contribution in [0.1, 0.15) is 34.6 Å². The van der Waals surface area contributed by atoms with Gasteiger partial charge in [-0.05, 0) is 26.7 Å². The molecule has 0 radical (unpaired) electrons. The molecule has 100 valence electrons. The lowest BCUT2D eigenvalue weighted by atomic mass is 10.1. The summed E-state index contributed by atoms with van der Waals surface area (Å²) in [6.07, 6.45) is 0. The van der Waals surface area contributed by atoms with E-state index in [2.05, 4.69) is 44.8 Å². The molecule has 0 aromatic heterocycles. The predicted molar refractivity (Wildman–Crippen MR) is 72.4 cm³/mol. The molecule has 1 heterocycles. The normalized spacial score (nSPS) is 18.7. The van der Waals surface area contributed by atoms with Gasteiger partial charge in [0.1, 0.15) is 0 Å². The highest BCUT2D eigenvalue weighted by atomic mass is 16.5. The van der Waals surface area contributed by atoms with Gasteiger partial charge in [0.15, 0.2) is 5.96 Å². The van der Waals surface area contributed by atoms with E-state index in [1.807, 2.05) is 0 Å². The van der Waals surface area contributed by atoms with Gasteiger partial charge in [-0.1, -0.05) is 13.8 Å². The van der Waals surface area contributed by atoms with Gasteiger partial charge in [-0.15, -0.1) is 0 Å². The molecule has 1 fully saturated rings. The molecule has 4 heteroatoms. The Balaban J connectivity index is 2.66. The second-order valence-electron chi connectivity index (χ2n) is 6.03. The lowest BCUT2D eigenvalue weighted by Gasteiger charge is -2.34. The number of rotatable bonds is 2. The number of morpholine rings is 1. The van der Waals surface area contributed by atoms with Crippen LogP contribution < -0.4 is 5.32 Å². The van der Waals surface area contributed by atoms with Gasteiger partial charge in [-0.2, -0.15) is 0 Å². The number of nitrogens with one attached hydrogen (secondary N) is 1. The largest absolute Gasteiger partial charge is 0.378 e. The van der Waals surface area contributed by atoms with E-state index in [4.69, 9.17) is 9.73 Å². The second-order valence-corrected chi connectivity index (χ2v) is 6.03. The van der Waals surface area contributed by atoms with E-state index in [0.717, 1.165) is 38.8 Å². The topological polar surface area (TPSA) is 36.9 Å². The van der Waals surface area contributed by atoms with Crippen molar-refractivity contribution in [3.63, 3.8) is 0 Å². The highest BCUT2D eigenvalue weighted by Gasteiger charge is 2.19. The molecule has 1 rings (SSSR count). The van der Waals surface area contributed by atoms with Crippen LogP contribution in [0.15, 0.2) is 4.99 Å². The van der Waals surface area contributed by atoms with Crippen molar-refractivity contribution in [2.24, 2.45) is 10.9 Å². The smallest absolute Gasteiger partial charge is 0.194 e. The molecule has 17 heavy (non-hydrogen) atoms. The highest BCUT2D eigenvalue weighted by molar-refractivity contribution is 5.80. The minimum Gasteiger partial charge on any atom is -0.378 e. The summed E-state index contributed by atoms with van der Waals surface area (Å²) >= 11 is 0. The number of aliphatic imine (C=N–C) groups is 1. The van der Waals surface area contributed by atoms with Gasteiger partial charge in [-0.25, -0.2) is 0 Å². The molecule has 1 aliphatic rings. The first-order chi connectivity index (χ1) is 7.88. The Bertz CT molecular complexity index is 250. The van der Waals surface area contributed by atoms with E-state index >= 15 is 0 Å². The highest BCUT2D eigenvalue weighted by Crippen LogP contribution is 2.05. The maximum atomic E-state index is 5.38. The molecule has 0 spiro atoms. The zero-order chi connectivity index (χ0) is 12.9. The third-order valence-corrected chi connectivity index (χ3v) is 2.40. The third-order valence-electron chi connectivity index (χ3n) is 2.40. The fourth-order valence-corrected chi connectivity index (χ4v) is 1.60. The second kappa shape index (κ2) is 6.24. The molecular weight excluding hydrogens is 214 g/mol. The van der Waals surface area contributed by atoms with Gasteiger partial charge in [0.2, 0.25) is 0 Å². The Morgan fingerprint density at radius 3 is 2.35 bits per heavy atom. The number of guanidine groups is 1. The summed E-state index contributed by atoms with van der Waals surface area (Å²) in [7, 11) is 0. The zero-order valence-electron chi connectivity index (χ0n) is 11.9. The maximum Gasteiger partial charge on any atom is 0.194 e. The Kier molecular flexibility index (Phi) is 5.25. The minimum absolute atomic E-state index is 0.0497. The van der Waals surface area contributed by atoms with E-state index in [1.165, 1.54) is 0 Å². The first kappa shape index (κ1) is 14.3. The number of nitrogens with zero attached hydrogens (tertiary/aromatic N) is 2. The molecule has 0 saturated carbocycles. The first-order valence-corrected chi connectivity index (χ1v) is 6.54. The van der Waals surface area contributed by atoms with Crippen molar-refractivity contribution in [3.8, 4) is 0 Å². The fourth-order valence-electron chi connectivity index (χ4n) is 1.60. The standard InChI is InChI=1S/C13H27N3O/c1-11(2)10-14-12(15-13(3,4)5)16-6-8-17-9-7-16/h11H,6-10H2,1-5H3,(H,14,15). The summed E-state index contributed by atoms with van der Waals surface area (Å²) < 4.78 is 5.38. The summed E-state index contributed by atoms with van der Waals surface area (Å²) in [5.74, 6) is 1.61. The maximum absolute atomic E-state index is 5.38. The van der Waals surface area contributed by atoms with Crippen molar-refractivity contribution in [2.45, 2.75) is 40.2 Å². The van der Waals surface area contributed by atoms with Crippen molar-refractivity contribution >= 4 is 5.96 Å². The lowest BCUT2D eigenvalue weighted by molar-refractivity contribution is 0.0656. The number of ether oxygens (including phenoxy) is 1. The van der Waals surface area contributed by atoms with Gasteiger partial charge >= 0.3 is 0 Å². The lowest BCUT2D eigenvalue weighted by Crippen LogP contribution is -2.53. The summed E-state index contributed by atoms with van der Waals surface area (Å²) in [6, 6.07) is 0. The van der Waals surface area contributed by atoms with Crippen LogP contribution in [0.3, 0.4) is 0 Å². The summed E-state index contributed by atoms with van der Waals surface area (Å²) in [5.41, 5.74) is 0.0497. The molecule has 0 bridgehead atoms. The van der Waals surface area contributed by atoms with Crippen LogP contribution in [0.25, 0.3) is 0 Å². The van der Waals surface area contributed by atoms with Crippen molar-refractivity contribution in [3.05, 3.63) is 0 Å². The van der Waals surface area contributed by atoms with Gasteiger partial charge in [-0.3, -0.25) is 4.99 Å². The zero-order valence-corrected chi connectivity index (χ0v) is 11.9. The molecule has 0 unspecified atom stereocenters. The van der Waals surface area contributed by atoms with E-state index in [-0.39, 0.29) is 5.54 Å². The molecule has 1 saturated heterocycles. The Hall–Kier alpha value is -0.770. The molecule has 4 nitrogen and oxygen atoms in total. The molecule has 0 aromatic carbocycles. The monoisotopic (exact) mass is 241 g/mol. The Morgan fingerprint density at radius 2 is 1.88 bits per heavy atom. The van der Waals surface area contributed by atoms with Crippen LogP contribution in [0.2, 0.25) is 0 Å². The fraction of sp³-hybridized carbons (Fsp3) is 0.923. The molecular formula is C13H27N3O. The van der Waals surface area contributed by atoms with E-state index in [9.17, 15) is 0 Å². The number of hydrogen-bond acceptors (Lipinski definition) is 2. The first-order valence-electron chi connectivity index (χ1n) is 6.54. The summed E-state index contributed by atoms with van der Waals surface area (Å²) in [4.78, 5) is 7.00. The van der Waals surface area contributed by atoms with Gasteiger partial charge in [0, 0.05) is 25.2 Å². The number of hydrogen-bond donors (Lipinski definition) is 1. The third kappa shape index (κ3) is 5.91. The van der Waals surface area contributed by atoms with Crippen molar-refractivity contribution in [1.29, 1.82) is 0 Å². The van der Waals surface area contributed by atoms with Gasteiger partial charge < -0.3 is 15.0 Å². The van der Waals surface area contributed by atoms with E-state index in [0.29, 0.717) is 5.92 Å². The van der Waals surface area contributed by atoms with Crippen LogP contribution in [0, 0.1) is 5.92 Å². The Labute approximate surface area is 105 Å². The van der Waals surface area contributed by atoms with Crippen molar-refractivity contribution in [1.82, 2.24) is 10.2 Å². The van der Waals surface area contributed by atoms with E-state index in [1.54, 1.807) is 0 Å². The van der Waals surface area contributed by atoms with Crippen molar-refractivity contribution in [2.75, 3.05) is 32.8 Å². The van der Waals surface area contributed by atoms with E-state index < -0.39 is 0 Å². The summed E-state index contributed by atoms with van der Waals surface area (Å²) in [6.45, 7) is 15.2. The molecule has 0 aliphatic carbocycles. The van der Waals surface area contributed by atoms with Gasteiger partial charge in [0.05, 0.1) is 13.2 Å². The SMILES string of the molecule is CC(C)CN=C(NC(C)(C)C)N1CCOCC1. The average Bonchev–Trinajstić information content (AvgIpc) is 2.24. The summed E-state index contributed by atoms with van der Waals surface area (Å²) in [5, 5.41) is 3.50. The van der Waals surface area contributed by atoms with Crippen LogP contribution in [-0.2, 0) is 4.74 Å². The quantitative estimate of drug-likeness (QED) is 0.591. The van der Waals surface area contributed by atoms with Crippen molar-refractivity contribution < 1.29 is 4.74 Å². The van der Waals surface area contributed by atoms with Crippen LogP contribution in [0.5, 0.6) is 0 Å². The van der Waals surface area contributed by atoms with Crippen LogP contribution in [-0.4, -0.2) is 49.2 Å². The minimum atomic E-state index is 0.0497. The predicted octanol–water partition coefficient (Wildman–Crippen LogP) is 1.72. The molecule has 0 aromatic rings. The average molecular weight is 241 g/mol. The van der Waals surface area contributed by atoms with Crippen LogP contribution in [0.4, 0.5) is 0 Å². The molecule has 1 aliphatic heterocycles. The molecule has 0 atom stereocenters. The molecule has 1 N–H and O–H groups in total. The van der Waals surface area contributed by atoms with Crippen LogP contribution >= 0.6 is 0 Å². The molecule has 0 amide bonds. The Morgan fingerprint density at radius 1 is 1.29 bits per heavy atom.